The lowest BCUT2D eigenvalue weighted by atomic mass is 9.97. The van der Waals surface area contributed by atoms with Crippen molar-refractivity contribution in [2.24, 2.45) is 0 Å². The zero-order valence-electron chi connectivity index (χ0n) is 7.94. The Labute approximate surface area is 86.8 Å². The number of aromatic nitrogens is 2. The molecule has 1 saturated heterocycles. The highest BCUT2D eigenvalue weighted by atomic mass is 32.3. The average molecular weight is 234 g/mol. The number of hydrogen-bond acceptors (Lipinski definition) is 4. The number of nitrogens with one attached hydrogen (secondary N) is 1. The van der Waals surface area contributed by atoms with Crippen molar-refractivity contribution in [2.75, 3.05) is 13.2 Å². The first-order valence-electron chi connectivity index (χ1n) is 4.64. The normalized spacial score (nSPS) is 19.3. The van der Waals surface area contributed by atoms with Crippen molar-refractivity contribution in [2.45, 2.75) is 23.7 Å². The van der Waals surface area contributed by atoms with Crippen LogP contribution in [-0.4, -0.2) is 31.8 Å². The van der Waals surface area contributed by atoms with Gasteiger partial charge < -0.3 is 4.74 Å². The monoisotopic (exact) mass is 234 g/mol. The van der Waals surface area contributed by atoms with Crippen LogP contribution in [0.25, 0.3) is 0 Å². The van der Waals surface area contributed by atoms with Crippen molar-refractivity contribution >= 4 is 10.2 Å². The summed E-state index contributed by atoms with van der Waals surface area (Å²) in [6.45, 7) is 1.13. The maximum atomic E-state index is 12.9. The minimum absolute atomic E-state index is 0.0122. The Morgan fingerprint density at radius 3 is 2.73 bits per heavy atom. The van der Waals surface area contributed by atoms with Crippen molar-refractivity contribution in [1.29, 1.82) is 0 Å². The number of nitrogens with zero attached hydrogens (tertiary/aromatic N) is 1. The summed E-state index contributed by atoms with van der Waals surface area (Å²) in [7, 11) is -4.67. The zero-order valence-corrected chi connectivity index (χ0v) is 8.76. The summed E-state index contributed by atoms with van der Waals surface area (Å²) in [4.78, 5) is -0.339. The Bertz CT molecular complexity index is 436. The second kappa shape index (κ2) is 3.90. The molecule has 1 aliphatic rings. The molecule has 1 aromatic heterocycles. The fraction of sp³-hybridized carbons (Fsp3) is 0.625. The van der Waals surface area contributed by atoms with Gasteiger partial charge in [-0.25, -0.2) is 0 Å². The molecule has 84 valence electrons. The first-order chi connectivity index (χ1) is 7.09. The molecule has 0 amide bonds. The summed E-state index contributed by atoms with van der Waals surface area (Å²) in [5, 5.41) is 6.14. The van der Waals surface area contributed by atoms with Gasteiger partial charge in [-0.1, -0.05) is 0 Å². The molecule has 1 aliphatic heterocycles. The van der Waals surface area contributed by atoms with Crippen LogP contribution in [-0.2, 0) is 15.0 Å². The molecule has 15 heavy (non-hydrogen) atoms. The van der Waals surface area contributed by atoms with Gasteiger partial charge in [0.2, 0.25) is 0 Å². The van der Waals surface area contributed by atoms with E-state index in [4.69, 9.17) is 4.74 Å². The number of aromatic amines is 1. The van der Waals surface area contributed by atoms with Crippen molar-refractivity contribution in [3.8, 4) is 0 Å². The Morgan fingerprint density at radius 2 is 2.13 bits per heavy atom. The van der Waals surface area contributed by atoms with Crippen LogP contribution in [0.2, 0.25) is 0 Å². The van der Waals surface area contributed by atoms with Crippen molar-refractivity contribution in [3.05, 3.63) is 11.9 Å². The highest BCUT2D eigenvalue weighted by Crippen LogP contribution is 2.30. The largest absolute Gasteiger partial charge is 0.381 e. The summed E-state index contributed by atoms with van der Waals surface area (Å²) in [6.07, 6.45) is 2.38. The predicted molar refractivity (Wildman–Crippen MR) is 49.7 cm³/mol. The Balaban J connectivity index is 2.32. The van der Waals surface area contributed by atoms with Gasteiger partial charge in [0.15, 0.2) is 0 Å². The van der Waals surface area contributed by atoms with Crippen molar-refractivity contribution in [1.82, 2.24) is 10.2 Å². The smallest absolute Gasteiger partial charge is 0.335 e. The number of ether oxygens (including phenoxy) is 1. The third kappa shape index (κ3) is 2.18. The van der Waals surface area contributed by atoms with Crippen LogP contribution in [0.15, 0.2) is 11.1 Å². The lowest BCUT2D eigenvalue weighted by Crippen LogP contribution is -2.16. The number of halogens is 1. The molecule has 0 bridgehead atoms. The van der Waals surface area contributed by atoms with Crippen LogP contribution in [0.5, 0.6) is 0 Å². The Kier molecular flexibility index (Phi) is 2.74. The van der Waals surface area contributed by atoms with Gasteiger partial charge >= 0.3 is 10.2 Å². The maximum Gasteiger partial charge on any atom is 0.335 e. The van der Waals surface area contributed by atoms with E-state index in [9.17, 15) is 12.3 Å². The molecule has 0 aromatic carbocycles. The molecule has 0 atom stereocenters. The Morgan fingerprint density at radius 1 is 1.47 bits per heavy atom. The minimum Gasteiger partial charge on any atom is -0.381 e. The first-order valence-corrected chi connectivity index (χ1v) is 6.03. The Hall–Kier alpha value is -0.950. The summed E-state index contributed by atoms with van der Waals surface area (Å²) >= 11 is 0. The standard InChI is InChI=1S/C8H11FN2O3S/c9-15(12,13)7-5-10-11-8(7)6-1-3-14-4-2-6/h5-6H,1-4H2,(H,10,11). The van der Waals surface area contributed by atoms with Crippen LogP contribution in [0, 0.1) is 0 Å². The second-order valence-electron chi connectivity index (χ2n) is 3.47. The van der Waals surface area contributed by atoms with Crippen LogP contribution in [0.4, 0.5) is 3.89 Å². The van der Waals surface area contributed by atoms with Crippen LogP contribution in [0.1, 0.15) is 24.5 Å². The molecule has 1 fully saturated rings. The molecule has 5 nitrogen and oxygen atoms in total. The zero-order chi connectivity index (χ0) is 10.9. The van der Waals surface area contributed by atoms with Crippen LogP contribution >= 0.6 is 0 Å². The molecule has 0 spiro atoms. The molecule has 7 heteroatoms. The van der Waals surface area contributed by atoms with E-state index < -0.39 is 10.2 Å². The molecule has 0 saturated carbocycles. The molecule has 1 aromatic rings. The van der Waals surface area contributed by atoms with E-state index in [0.29, 0.717) is 31.7 Å². The second-order valence-corrected chi connectivity index (χ2v) is 4.79. The topological polar surface area (TPSA) is 72.0 Å². The summed E-state index contributed by atoms with van der Waals surface area (Å²) in [5.74, 6) is -0.0122. The molecule has 0 unspecified atom stereocenters. The van der Waals surface area contributed by atoms with Crippen LogP contribution < -0.4 is 0 Å². The lowest BCUT2D eigenvalue weighted by molar-refractivity contribution is 0.0839. The van der Waals surface area contributed by atoms with E-state index in [1.807, 2.05) is 0 Å². The van der Waals surface area contributed by atoms with E-state index in [1.54, 1.807) is 0 Å². The van der Waals surface area contributed by atoms with Gasteiger partial charge in [0, 0.05) is 19.1 Å². The fourth-order valence-corrected chi connectivity index (χ4v) is 2.41. The quantitative estimate of drug-likeness (QED) is 0.774. The van der Waals surface area contributed by atoms with E-state index in [-0.39, 0.29) is 10.8 Å². The SMILES string of the molecule is O=S(=O)(F)c1cn[nH]c1C1CCOCC1. The van der Waals surface area contributed by atoms with Gasteiger partial charge in [-0.3, -0.25) is 5.10 Å². The molecule has 0 radical (unpaired) electrons. The number of hydrogen-bond donors (Lipinski definition) is 1. The van der Waals surface area contributed by atoms with Gasteiger partial charge in [0.05, 0.1) is 11.9 Å². The van der Waals surface area contributed by atoms with Crippen molar-refractivity contribution in [3.63, 3.8) is 0 Å². The lowest BCUT2D eigenvalue weighted by Gasteiger charge is -2.21. The van der Waals surface area contributed by atoms with Gasteiger partial charge in [-0.2, -0.15) is 13.5 Å². The minimum atomic E-state index is -4.67. The third-order valence-electron chi connectivity index (χ3n) is 2.52. The average Bonchev–Trinajstić information content (AvgIpc) is 2.67. The summed E-state index contributed by atoms with van der Waals surface area (Å²) in [6, 6.07) is 0. The van der Waals surface area contributed by atoms with E-state index in [0.717, 1.165) is 6.20 Å². The number of H-pyrrole nitrogens is 1. The highest BCUT2D eigenvalue weighted by Gasteiger charge is 2.26. The van der Waals surface area contributed by atoms with Gasteiger partial charge in [-0.15, -0.1) is 3.89 Å². The summed E-state index contributed by atoms with van der Waals surface area (Å²) in [5.41, 5.74) is 0.362. The highest BCUT2D eigenvalue weighted by molar-refractivity contribution is 7.86. The van der Waals surface area contributed by atoms with Crippen molar-refractivity contribution < 1.29 is 17.0 Å². The first kappa shape index (κ1) is 10.6. The molecule has 2 rings (SSSR count). The number of rotatable bonds is 2. The molecular weight excluding hydrogens is 223 g/mol. The predicted octanol–water partition coefficient (Wildman–Crippen LogP) is 0.962. The molecule has 0 aliphatic carbocycles. The van der Waals surface area contributed by atoms with Gasteiger partial charge in [0.25, 0.3) is 0 Å². The van der Waals surface area contributed by atoms with Gasteiger partial charge in [-0.05, 0) is 12.8 Å². The van der Waals surface area contributed by atoms with E-state index in [1.165, 1.54) is 0 Å². The molecule has 2 heterocycles. The van der Waals surface area contributed by atoms with Crippen LogP contribution in [0.3, 0.4) is 0 Å². The van der Waals surface area contributed by atoms with E-state index in [2.05, 4.69) is 10.2 Å². The van der Waals surface area contributed by atoms with Gasteiger partial charge in [0.1, 0.15) is 4.90 Å². The third-order valence-corrected chi connectivity index (χ3v) is 3.38. The summed E-state index contributed by atoms with van der Waals surface area (Å²) < 4.78 is 39.6. The fourth-order valence-electron chi connectivity index (χ4n) is 1.76. The molecule has 1 N–H and O–H groups in total. The maximum absolute atomic E-state index is 12.9. The van der Waals surface area contributed by atoms with E-state index >= 15 is 0 Å². The molecular formula is C8H11FN2O3S.